The normalized spacial score (nSPS) is 16.2. The molecule has 1 aliphatic rings. The number of aryl methyl sites for hydroxylation is 1. The summed E-state index contributed by atoms with van der Waals surface area (Å²) in [6.45, 7) is 6.42. The van der Waals surface area contributed by atoms with E-state index in [1.807, 2.05) is 6.07 Å². The van der Waals surface area contributed by atoms with Gasteiger partial charge in [0.15, 0.2) is 0 Å². The molecule has 0 amide bonds. The zero-order valence-electron chi connectivity index (χ0n) is 12.2. The third-order valence-electron chi connectivity index (χ3n) is 3.60. The zero-order valence-corrected chi connectivity index (χ0v) is 12.2. The highest BCUT2D eigenvalue weighted by Crippen LogP contribution is 2.19. The summed E-state index contributed by atoms with van der Waals surface area (Å²) in [4.78, 5) is 2.44. The molecule has 20 heavy (non-hydrogen) atoms. The number of morpholine rings is 1. The lowest BCUT2D eigenvalue weighted by Crippen LogP contribution is -2.37. The standard InChI is InChI=1S/C16H26N2O2/c17-8-3-6-15-5-1-2-7-16(15)20-12-4-9-18-10-13-19-14-11-18/h1-2,5,7H,3-4,6,8-14,17H2. The number of para-hydroxylation sites is 1. The van der Waals surface area contributed by atoms with Crippen molar-refractivity contribution < 1.29 is 9.47 Å². The van der Waals surface area contributed by atoms with Gasteiger partial charge in [0.1, 0.15) is 5.75 Å². The number of nitrogens with two attached hydrogens (primary N) is 1. The van der Waals surface area contributed by atoms with E-state index >= 15 is 0 Å². The number of nitrogens with zero attached hydrogens (tertiary/aromatic N) is 1. The Balaban J connectivity index is 1.70. The van der Waals surface area contributed by atoms with Crippen LogP contribution in [-0.4, -0.2) is 50.9 Å². The molecule has 1 aliphatic heterocycles. The van der Waals surface area contributed by atoms with E-state index in [0.29, 0.717) is 0 Å². The molecule has 0 atom stereocenters. The van der Waals surface area contributed by atoms with E-state index in [1.54, 1.807) is 0 Å². The van der Waals surface area contributed by atoms with Gasteiger partial charge in [0.2, 0.25) is 0 Å². The van der Waals surface area contributed by atoms with Gasteiger partial charge in [-0.3, -0.25) is 4.90 Å². The Morgan fingerprint density at radius 3 is 2.75 bits per heavy atom. The highest BCUT2D eigenvalue weighted by molar-refractivity contribution is 5.33. The lowest BCUT2D eigenvalue weighted by Gasteiger charge is -2.26. The largest absolute Gasteiger partial charge is 0.493 e. The van der Waals surface area contributed by atoms with E-state index in [9.17, 15) is 0 Å². The minimum absolute atomic E-state index is 0.728. The van der Waals surface area contributed by atoms with Crippen LogP contribution in [0, 0.1) is 0 Å². The molecule has 1 aromatic carbocycles. The lowest BCUT2D eigenvalue weighted by molar-refractivity contribution is 0.0358. The number of hydrogen-bond acceptors (Lipinski definition) is 4. The summed E-state index contributed by atoms with van der Waals surface area (Å²) in [6, 6.07) is 8.28. The predicted molar refractivity (Wildman–Crippen MR) is 81.2 cm³/mol. The molecule has 0 unspecified atom stereocenters. The smallest absolute Gasteiger partial charge is 0.122 e. The predicted octanol–water partition coefficient (Wildman–Crippen LogP) is 1.68. The molecule has 0 aliphatic carbocycles. The molecule has 2 N–H and O–H groups in total. The van der Waals surface area contributed by atoms with Crippen molar-refractivity contribution in [2.45, 2.75) is 19.3 Å². The summed E-state index contributed by atoms with van der Waals surface area (Å²) in [5.41, 5.74) is 6.84. The van der Waals surface area contributed by atoms with Crippen molar-refractivity contribution in [1.29, 1.82) is 0 Å². The number of rotatable bonds is 8. The van der Waals surface area contributed by atoms with Crippen LogP contribution >= 0.6 is 0 Å². The van der Waals surface area contributed by atoms with E-state index in [2.05, 4.69) is 23.1 Å². The molecule has 2 rings (SSSR count). The van der Waals surface area contributed by atoms with Gasteiger partial charge in [0.25, 0.3) is 0 Å². The SMILES string of the molecule is NCCCc1ccccc1OCCCN1CCOCC1. The molecule has 1 aromatic rings. The molecule has 0 bridgehead atoms. The van der Waals surface area contributed by atoms with Crippen molar-refractivity contribution in [3.05, 3.63) is 29.8 Å². The summed E-state index contributed by atoms with van der Waals surface area (Å²) >= 11 is 0. The quantitative estimate of drug-likeness (QED) is 0.735. The van der Waals surface area contributed by atoms with Gasteiger partial charge in [-0.05, 0) is 37.4 Å². The van der Waals surface area contributed by atoms with Gasteiger partial charge in [-0.1, -0.05) is 18.2 Å². The van der Waals surface area contributed by atoms with E-state index < -0.39 is 0 Å². The van der Waals surface area contributed by atoms with Crippen LogP contribution in [0.25, 0.3) is 0 Å². The first-order chi connectivity index (χ1) is 9.90. The van der Waals surface area contributed by atoms with Gasteiger partial charge >= 0.3 is 0 Å². The monoisotopic (exact) mass is 278 g/mol. The molecule has 0 aromatic heterocycles. The van der Waals surface area contributed by atoms with Crippen molar-refractivity contribution in [1.82, 2.24) is 4.90 Å². The fraction of sp³-hybridized carbons (Fsp3) is 0.625. The van der Waals surface area contributed by atoms with Crippen LogP contribution in [0.2, 0.25) is 0 Å². The van der Waals surface area contributed by atoms with Gasteiger partial charge in [0, 0.05) is 19.6 Å². The Kier molecular flexibility index (Phi) is 6.84. The topological polar surface area (TPSA) is 47.7 Å². The maximum Gasteiger partial charge on any atom is 0.122 e. The van der Waals surface area contributed by atoms with Gasteiger partial charge in [-0.15, -0.1) is 0 Å². The van der Waals surface area contributed by atoms with Crippen LogP contribution in [0.4, 0.5) is 0 Å². The molecule has 1 saturated heterocycles. The van der Waals surface area contributed by atoms with Gasteiger partial charge in [-0.25, -0.2) is 0 Å². The second kappa shape index (κ2) is 8.95. The van der Waals surface area contributed by atoms with Crippen molar-refractivity contribution in [3.8, 4) is 5.75 Å². The second-order valence-corrected chi connectivity index (χ2v) is 5.16. The number of benzene rings is 1. The Morgan fingerprint density at radius 2 is 1.95 bits per heavy atom. The van der Waals surface area contributed by atoms with Gasteiger partial charge < -0.3 is 15.2 Å². The first kappa shape index (κ1) is 15.3. The molecule has 0 saturated carbocycles. The summed E-state index contributed by atoms with van der Waals surface area (Å²) in [5, 5.41) is 0. The van der Waals surface area contributed by atoms with Crippen molar-refractivity contribution in [2.75, 3.05) is 46.0 Å². The lowest BCUT2D eigenvalue weighted by atomic mass is 10.1. The average Bonchev–Trinajstić information content (AvgIpc) is 2.51. The van der Waals surface area contributed by atoms with Crippen molar-refractivity contribution in [3.63, 3.8) is 0 Å². The molecule has 112 valence electrons. The summed E-state index contributed by atoms with van der Waals surface area (Å²) in [5.74, 6) is 1.02. The summed E-state index contributed by atoms with van der Waals surface area (Å²) in [6.07, 6.45) is 3.06. The maximum atomic E-state index is 5.93. The Hall–Kier alpha value is -1.10. The molecule has 1 fully saturated rings. The van der Waals surface area contributed by atoms with Crippen molar-refractivity contribution >= 4 is 0 Å². The molecule has 0 radical (unpaired) electrons. The van der Waals surface area contributed by atoms with E-state index in [-0.39, 0.29) is 0 Å². The number of ether oxygens (including phenoxy) is 2. The highest BCUT2D eigenvalue weighted by atomic mass is 16.5. The van der Waals surface area contributed by atoms with E-state index in [1.165, 1.54) is 5.56 Å². The van der Waals surface area contributed by atoms with Crippen LogP contribution < -0.4 is 10.5 Å². The van der Waals surface area contributed by atoms with Crippen LogP contribution in [0.3, 0.4) is 0 Å². The number of hydrogen-bond donors (Lipinski definition) is 1. The average molecular weight is 278 g/mol. The molecular weight excluding hydrogens is 252 g/mol. The fourth-order valence-corrected chi connectivity index (χ4v) is 2.44. The first-order valence-electron chi connectivity index (χ1n) is 7.61. The molecule has 4 nitrogen and oxygen atoms in total. The van der Waals surface area contributed by atoms with E-state index in [4.69, 9.17) is 15.2 Å². The van der Waals surface area contributed by atoms with E-state index in [0.717, 1.165) is 71.0 Å². The Bertz CT molecular complexity index is 378. The van der Waals surface area contributed by atoms with Crippen LogP contribution in [0.5, 0.6) is 5.75 Å². The third-order valence-corrected chi connectivity index (χ3v) is 3.60. The Morgan fingerprint density at radius 1 is 1.15 bits per heavy atom. The summed E-state index contributed by atoms with van der Waals surface area (Å²) < 4.78 is 11.3. The third kappa shape index (κ3) is 5.12. The van der Waals surface area contributed by atoms with Crippen LogP contribution in [-0.2, 0) is 11.2 Å². The molecule has 0 spiro atoms. The molecule has 1 heterocycles. The first-order valence-corrected chi connectivity index (χ1v) is 7.61. The van der Waals surface area contributed by atoms with Crippen molar-refractivity contribution in [2.24, 2.45) is 5.73 Å². The fourth-order valence-electron chi connectivity index (χ4n) is 2.44. The Labute approximate surface area is 121 Å². The molecule has 4 heteroatoms. The highest BCUT2D eigenvalue weighted by Gasteiger charge is 2.09. The minimum atomic E-state index is 0.728. The van der Waals surface area contributed by atoms with Gasteiger partial charge in [-0.2, -0.15) is 0 Å². The van der Waals surface area contributed by atoms with Gasteiger partial charge in [0.05, 0.1) is 19.8 Å². The minimum Gasteiger partial charge on any atom is -0.493 e. The summed E-state index contributed by atoms with van der Waals surface area (Å²) in [7, 11) is 0. The maximum absolute atomic E-state index is 5.93. The molecular formula is C16H26N2O2. The second-order valence-electron chi connectivity index (χ2n) is 5.16. The van der Waals surface area contributed by atoms with Crippen LogP contribution in [0.1, 0.15) is 18.4 Å². The van der Waals surface area contributed by atoms with Crippen LogP contribution in [0.15, 0.2) is 24.3 Å². The zero-order chi connectivity index (χ0) is 14.0.